The zero-order valence-electron chi connectivity index (χ0n) is 44.2. The van der Waals surface area contributed by atoms with Gasteiger partial charge in [0.05, 0.1) is 49.6 Å². The van der Waals surface area contributed by atoms with Gasteiger partial charge < -0.3 is 56.7 Å². The monoisotopic (exact) mass is 1110 g/mol. The standard InChI is InChI=1S/C30H37N5O7S.C24H27N5O5S/c1-17(2)28(39)41-20(5)42-29(40)23(16-32-26(37)24-12-8-14-43-24)35-27(38)25-18(3)33-30(34-19(25)4)31-13-7-10-21-9-6-11-22(36)15-21;1-14-20(22(32)29-18(23(33)34)13-26-21(31)19-9-5-11-35-19)15(2)28-24(27-14)25-10-4-7-16-6-3-8-17(30)12-16/h6,8-9,11-12,14-15,17,20,23,36H,7,10,13,16H2,1-5H3,(H,32,37)(H,35,38)(H,31,33,34);3,5-6,8-9,11-12,18,30H,4,7,10,13H2,1-2H3,(H,26,31)(H,29,32)(H,33,34)(H,25,27,28)/t20?,23-;18-/m00/s1. The minimum absolute atomic E-state index is 0.173. The van der Waals surface area contributed by atoms with Gasteiger partial charge in [-0.1, -0.05) is 50.2 Å². The zero-order valence-corrected chi connectivity index (χ0v) is 45.8. The van der Waals surface area contributed by atoms with E-state index in [0.717, 1.165) is 36.8 Å². The van der Waals surface area contributed by atoms with Gasteiger partial charge in [-0.2, -0.15) is 0 Å². The van der Waals surface area contributed by atoms with Gasteiger partial charge in [0.25, 0.3) is 23.6 Å². The van der Waals surface area contributed by atoms with Crippen molar-refractivity contribution in [2.45, 2.75) is 92.5 Å². The maximum absolute atomic E-state index is 13.3. The summed E-state index contributed by atoms with van der Waals surface area (Å²) in [6, 6.07) is 18.2. The van der Waals surface area contributed by atoms with Crippen LogP contribution in [0.2, 0.25) is 0 Å². The molecule has 414 valence electrons. The molecule has 6 aromatic rings. The van der Waals surface area contributed by atoms with Gasteiger partial charge in [-0.25, -0.2) is 29.5 Å². The highest BCUT2D eigenvalue weighted by Crippen LogP contribution is 2.18. The van der Waals surface area contributed by atoms with Crippen LogP contribution in [0.25, 0.3) is 0 Å². The van der Waals surface area contributed by atoms with Gasteiger partial charge in [-0.15, -0.1) is 22.7 Å². The molecule has 3 atom stereocenters. The summed E-state index contributed by atoms with van der Waals surface area (Å²) in [5.41, 5.74) is 3.96. The number of aromatic nitrogens is 4. The van der Waals surface area contributed by atoms with E-state index in [1.54, 1.807) is 113 Å². The number of aliphatic carboxylic acids is 1. The van der Waals surface area contributed by atoms with Crippen LogP contribution in [0, 0.1) is 33.6 Å². The average Bonchev–Trinajstić information content (AvgIpc) is 4.14. The number of thiophene rings is 2. The van der Waals surface area contributed by atoms with Crippen molar-refractivity contribution < 1.29 is 58.4 Å². The molecule has 0 fully saturated rings. The van der Waals surface area contributed by atoms with Crippen LogP contribution in [0.15, 0.2) is 83.6 Å². The van der Waals surface area contributed by atoms with E-state index in [0.29, 0.717) is 57.5 Å². The number of hydrogen-bond donors (Lipinski definition) is 9. The molecule has 78 heavy (non-hydrogen) atoms. The molecule has 0 radical (unpaired) electrons. The fraction of sp³-hybridized carbons (Fsp3) is 0.352. The number of carbonyl (C=O) groups is 7. The molecule has 2 aromatic carbocycles. The van der Waals surface area contributed by atoms with E-state index >= 15 is 0 Å². The molecule has 1 unspecified atom stereocenters. The van der Waals surface area contributed by atoms with E-state index in [4.69, 9.17) is 9.47 Å². The number of ether oxygens (including phenoxy) is 2. The molecule has 24 heteroatoms. The molecule has 0 saturated carbocycles. The molecule has 0 aliphatic heterocycles. The zero-order chi connectivity index (χ0) is 56.9. The van der Waals surface area contributed by atoms with Crippen LogP contribution in [-0.2, 0) is 36.7 Å². The van der Waals surface area contributed by atoms with Crippen LogP contribution < -0.4 is 31.9 Å². The second-order valence-corrected chi connectivity index (χ2v) is 19.8. The number of phenols is 2. The topological polar surface area (TPSA) is 322 Å². The SMILES string of the molecule is Cc1nc(NCCCc2cccc(O)c2)nc(C)c1C(=O)N[C@@H](CNC(=O)c1cccs1)C(=O)O.Cc1nc(NCCCc2cccc(O)c2)nc(C)c1C(=O)N[C@@H](CNC(=O)c1cccs1)C(=O)OC(C)OC(=O)C(C)C. The van der Waals surface area contributed by atoms with E-state index in [9.17, 15) is 48.9 Å². The number of carboxylic acid groups (broad SMARTS) is 1. The maximum Gasteiger partial charge on any atom is 0.333 e. The van der Waals surface area contributed by atoms with Crippen molar-refractivity contribution in [1.29, 1.82) is 0 Å². The lowest BCUT2D eigenvalue weighted by Gasteiger charge is -2.22. The van der Waals surface area contributed by atoms with E-state index in [1.165, 1.54) is 29.6 Å². The number of benzene rings is 2. The average molecular weight is 1110 g/mol. The molecule has 4 heterocycles. The van der Waals surface area contributed by atoms with Gasteiger partial charge in [0, 0.05) is 33.1 Å². The fourth-order valence-corrected chi connectivity index (χ4v) is 8.74. The summed E-state index contributed by atoms with van der Waals surface area (Å²) in [5.74, 6) is -4.08. The molecule has 6 rings (SSSR count). The van der Waals surface area contributed by atoms with Crippen molar-refractivity contribution in [2.24, 2.45) is 5.92 Å². The van der Waals surface area contributed by atoms with Crippen LogP contribution in [0.5, 0.6) is 11.5 Å². The molecule has 9 N–H and O–H groups in total. The first-order chi connectivity index (χ1) is 37.2. The summed E-state index contributed by atoms with van der Waals surface area (Å²) < 4.78 is 10.4. The van der Waals surface area contributed by atoms with Crippen LogP contribution >= 0.6 is 22.7 Å². The number of esters is 2. The van der Waals surface area contributed by atoms with E-state index in [-0.39, 0.29) is 35.7 Å². The number of carbonyl (C=O) groups excluding carboxylic acids is 6. The fourth-order valence-electron chi connectivity index (χ4n) is 7.46. The Morgan fingerprint density at radius 3 is 1.35 bits per heavy atom. The third-order valence-corrected chi connectivity index (χ3v) is 13.1. The second kappa shape index (κ2) is 29.7. The number of anilines is 2. The molecule has 4 aromatic heterocycles. The first-order valence-electron chi connectivity index (χ1n) is 24.8. The smallest absolute Gasteiger partial charge is 0.333 e. The van der Waals surface area contributed by atoms with Crippen molar-refractivity contribution >= 4 is 76.1 Å². The van der Waals surface area contributed by atoms with Crippen LogP contribution in [0.4, 0.5) is 11.9 Å². The second-order valence-electron chi connectivity index (χ2n) is 17.9. The molecule has 0 aliphatic rings. The molecule has 0 aliphatic carbocycles. The van der Waals surface area contributed by atoms with Gasteiger partial charge >= 0.3 is 17.9 Å². The molecule has 22 nitrogen and oxygen atoms in total. The molecular weight excluding hydrogens is 1040 g/mol. The number of phenolic OH excluding ortho intramolecular Hbond substituents is 2. The summed E-state index contributed by atoms with van der Waals surface area (Å²) in [6.45, 7) is 11.9. The van der Waals surface area contributed by atoms with Crippen molar-refractivity contribution in [3.05, 3.63) is 138 Å². The van der Waals surface area contributed by atoms with Crippen LogP contribution in [-0.4, -0.2) is 121 Å². The Hall–Kier alpha value is -8.51. The summed E-state index contributed by atoms with van der Waals surface area (Å²) in [5, 5.41) is 48.6. The number of rotatable bonds is 25. The Kier molecular flexibility index (Phi) is 23.0. The Labute approximate surface area is 458 Å². The molecule has 4 amide bonds. The van der Waals surface area contributed by atoms with E-state index < -0.39 is 65.8 Å². The lowest BCUT2D eigenvalue weighted by atomic mass is 10.1. The lowest BCUT2D eigenvalue weighted by Crippen LogP contribution is -2.50. The highest BCUT2D eigenvalue weighted by atomic mass is 32.1. The minimum atomic E-state index is -1.32. The molecular formula is C54H64N10O12S2. The maximum atomic E-state index is 13.3. The predicted molar refractivity (Wildman–Crippen MR) is 293 cm³/mol. The van der Waals surface area contributed by atoms with Crippen LogP contribution in [0.1, 0.15) is 108 Å². The molecule has 0 saturated heterocycles. The largest absolute Gasteiger partial charge is 0.508 e. The van der Waals surface area contributed by atoms with Crippen molar-refractivity contribution in [1.82, 2.24) is 41.2 Å². The lowest BCUT2D eigenvalue weighted by molar-refractivity contribution is -0.188. The van der Waals surface area contributed by atoms with Crippen molar-refractivity contribution in [3.63, 3.8) is 0 Å². The Morgan fingerprint density at radius 2 is 0.962 bits per heavy atom. The first kappa shape index (κ1) is 60.4. The number of nitrogens with zero attached hydrogens (tertiary/aromatic N) is 4. The van der Waals surface area contributed by atoms with E-state index in [1.807, 2.05) is 12.1 Å². The summed E-state index contributed by atoms with van der Waals surface area (Å²) in [4.78, 5) is 106. The number of aryl methyl sites for hydroxylation is 6. The van der Waals surface area contributed by atoms with Crippen molar-refractivity contribution in [2.75, 3.05) is 36.8 Å². The quantitative estimate of drug-likeness (QED) is 0.0179. The highest BCUT2D eigenvalue weighted by Gasteiger charge is 2.29. The van der Waals surface area contributed by atoms with Gasteiger partial charge in [0.1, 0.15) is 23.6 Å². The van der Waals surface area contributed by atoms with Gasteiger partial charge in [0.15, 0.2) is 0 Å². The minimum Gasteiger partial charge on any atom is -0.508 e. The van der Waals surface area contributed by atoms with Gasteiger partial charge in [0.2, 0.25) is 18.2 Å². The third kappa shape index (κ3) is 18.9. The number of carboxylic acids is 1. The highest BCUT2D eigenvalue weighted by molar-refractivity contribution is 7.12. The molecule has 0 bridgehead atoms. The first-order valence-corrected chi connectivity index (χ1v) is 26.6. The van der Waals surface area contributed by atoms with Gasteiger partial charge in [-0.05, 0) is 112 Å². The van der Waals surface area contributed by atoms with E-state index in [2.05, 4.69) is 51.8 Å². The Balaban J connectivity index is 0.000000293. The Morgan fingerprint density at radius 1 is 0.551 bits per heavy atom. The molecule has 0 spiro atoms. The predicted octanol–water partition coefficient (Wildman–Crippen LogP) is 6.04. The van der Waals surface area contributed by atoms with Crippen molar-refractivity contribution in [3.8, 4) is 11.5 Å². The third-order valence-electron chi connectivity index (χ3n) is 11.3. The Bertz CT molecular complexity index is 2980. The summed E-state index contributed by atoms with van der Waals surface area (Å²) >= 11 is 2.46. The normalized spacial score (nSPS) is 11.9. The number of hydrogen-bond acceptors (Lipinski definition) is 19. The summed E-state index contributed by atoms with van der Waals surface area (Å²) in [6.07, 6.45) is 1.85. The number of aromatic hydroxyl groups is 2. The van der Waals surface area contributed by atoms with Crippen LogP contribution in [0.3, 0.4) is 0 Å². The van der Waals surface area contributed by atoms with Gasteiger partial charge in [-0.3, -0.25) is 24.0 Å². The number of nitrogens with one attached hydrogen (secondary N) is 6. The summed E-state index contributed by atoms with van der Waals surface area (Å²) in [7, 11) is 0. The number of amides is 4.